The minimum atomic E-state index is -0.309. The van der Waals surface area contributed by atoms with Crippen LogP contribution in [-0.4, -0.2) is 17.0 Å². The predicted octanol–water partition coefficient (Wildman–Crippen LogP) is 2.73. The van der Waals surface area contributed by atoms with E-state index in [-0.39, 0.29) is 11.4 Å². The van der Waals surface area contributed by atoms with Crippen LogP contribution in [0.25, 0.3) is 0 Å². The number of hydrogen-bond donors (Lipinski definition) is 2. The van der Waals surface area contributed by atoms with Crippen LogP contribution < -0.4 is 10.9 Å². The fourth-order valence-electron chi connectivity index (χ4n) is 1.96. The molecule has 0 atom stereocenters. The zero-order chi connectivity index (χ0) is 15.2. The van der Waals surface area contributed by atoms with Crippen molar-refractivity contribution < 1.29 is 4.39 Å². The second-order valence-electron chi connectivity index (χ2n) is 4.69. The highest BCUT2D eigenvalue weighted by atomic mass is 32.2. The SMILES string of the molecule is CCCc1cc(=O)[nH]c(Sc2ccc(CNC)cc2F)n1. The molecular formula is C15H18FN3OS. The molecule has 0 aliphatic carbocycles. The molecule has 112 valence electrons. The van der Waals surface area contributed by atoms with Crippen molar-refractivity contribution in [2.24, 2.45) is 0 Å². The zero-order valence-corrected chi connectivity index (χ0v) is 12.9. The van der Waals surface area contributed by atoms with Gasteiger partial charge in [-0.15, -0.1) is 0 Å². The van der Waals surface area contributed by atoms with E-state index >= 15 is 0 Å². The lowest BCUT2D eigenvalue weighted by atomic mass is 10.2. The first-order valence-corrected chi connectivity index (χ1v) is 7.65. The van der Waals surface area contributed by atoms with Crippen LogP contribution in [0.4, 0.5) is 4.39 Å². The van der Waals surface area contributed by atoms with Crippen LogP contribution in [0, 0.1) is 5.82 Å². The van der Waals surface area contributed by atoms with Gasteiger partial charge < -0.3 is 10.3 Å². The number of halogens is 1. The molecule has 2 rings (SSSR count). The standard InChI is InChI=1S/C15H18FN3OS/c1-3-4-11-8-14(20)19-15(18-11)21-13-6-5-10(9-17-2)7-12(13)16/h5-8,17H,3-4,9H2,1-2H3,(H,18,19,20). The number of aromatic amines is 1. The predicted molar refractivity (Wildman–Crippen MR) is 82.1 cm³/mol. The summed E-state index contributed by atoms with van der Waals surface area (Å²) in [6.45, 7) is 2.64. The van der Waals surface area contributed by atoms with E-state index in [2.05, 4.69) is 15.3 Å². The number of H-pyrrole nitrogens is 1. The molecule has 2 N–H and O–H groups in total. The van der Waals surface area contributed by atoms with Gasteiger partial charge in [-0.3, -0.25) is 4.79 Å². The van der Waals surface area contributed by atoms with Crippen molar-refractivity contribution in [1.82, 2.24) is 15.3 Å². The molecule has 0 saturated carbocycles. The Morgan fingerprint density at radius 1 is 1.38 bits per heavy atom. The van der Waals surface area contributed by atoms with Crippen LogP contribution in [0.3, 0.4) is 0 Å². The molecule has 0 amide bonds. The van der Waals surface area contributed by atoms with Gasteiger partial charge in [0.1, 0.15) is 5.82 Å². The molecular weight excluding hydrogens is 289 g/mol. The first kappa shape index (κ1) is 15.7. The Labute approximate surface area is 127 Å². The Morgan fingerprint density at radius 3 is 2.86 bits per heavy atom. The minimum Gasteiger partial charge on any atom is -0.316 e. The third-order valence-electron chi connectivity index (χ3n) is 2.86. The van der Waals surface area contributed by atoms with Crippen LogP contribution in [0.2, 0.25) is 0 Å². The molecule has 0 aliphatic rings. The molecule has 0 fully saturated rings. The van der Waals surface area contributed by atoms with Gasteiger partial charge in [0.05, 0.1) is 4.90 Å². The van der Waals surface area contributed by atoms with Gasteiger partial charge in [0.25, 0.3) is 5.56 Å². The summed E-state index contributed by atoms with van der Waals surface area (Å²) in [6.07, 6.45) is 1.65. The average Bonchev–Trinajstić information content (AvgIpc) is 2.42. The average molecular weight is 307 g/mol. The van der Waals surface area contributed by atoms with Gasteiger partial charge in [0.15, 0.2) is 5.16 Å². The van der Waals surface area contributed by atoms with E-state index in [1.807, 2.05) is 20.0 Å². The first-order valence-electron chi connectivity index (χ1n) is 6.83. The second kappa shape index (κ2) is 7.38. The van der Waals surface area contributed by atoms with E-state index < -0.39 is 0 Å². The van der Waals surface area contributed by atoms with Gasteiger partial charge in [-0.25, -0.2) is 9.37 Å². The summed E-state index contributed by atoms with van der Waals surface area (Å²) in [7, 11) is 1.81. The Kier molecular flexibility index (Phi) is 5.52. The van der Waals surface area contributed by atoms with Crippen molar-refractivity contribution in [1.29, 1.82) is 0 Å². The van der Waals surface area contributed by atoms with E-state index in [0.29, 0.717) is 16.6 Å². The fraction of sp³-hybridized carbons (Fsp3) is 0.333. The van der Waals surface area contributed by atoms with Crippen LogP contribution >= 0.6 is 11.8 Å². The van der Waals surface area contributed by atoms with E-state index in [1.165, 1.54) is 12.1 Å². The Hall–Kier alpha value is -1.66. The topological polar surface area (TPSA) is 57.8 Å². The summed E-state index contributed by atoms with van der Waals surface area (Å²) in [5.74, 6) is -0.309. The van der Waals surface area contributed by atoms with Crippen molar-refractivity contribution in [3.63, 3.8) is 0 Å². The van der Waals surface area contributed by atoms with E-state index in [9.17, 15) is 9.18 Å². The maximum Gasteiger partial charge on any atom is 0.251 e. The number of rotatable bonds is 6. The summed E-state index contributed by atoms with van der Waals surface area (Å²) in [5.41, 5.74) is 1.40. The highest BCUT2D eigenvalue weighted by Crippen LogP contribution is 2.27. The van der Waals surface area contributed by atoms with Crippen molar-refractivity contribution in [3.05, 3.63) is 51.7 Å². The largest absolute Gasteiger partial charge is 0.316 e. The quantitative estimate of drug-likeness (QED) is 0.806. The number of aryl methyl sites for hydroxylation is 1. The molecule has 0 unspecified atom stereocenters. The summed E-state index contributed by atoms with van der Waals surface area (Å²) in [5, 5.41) is 3.40. The summed E-state index contributed by atoms with van der Waals surface area (Å²) in [4.78, 5) is 19.0. The van der Waals surface area contributed by atoms with Crippen LogP contribution in [-0.2, 0) is 13.0 Å². The summed E-state index contributed by atoms with van der Waals surface area (Å²) >= 11 is 1.13. The van der Waals surface area contributed by atoms with Crippen molar-refractivity contribution in [2.45, 2.75) is 36.4 Å². The summed E-state index contributed by atoms with van der Waals surface area (Å²) < 4.78 is 14.0. The van der Waals surface area contributed by atoms with Gasteiger partial charge in [0, 0.05) is 18.3 Å². The molecule has 1 aromatic carbocycles. The third kappa shape index (κ3) is 4.41. The molecule has 6 heteroatoms. The molecule has 0 saturated heterocycles. The Bertz CT molecular complexity index is 672. The van der Waals surface area contributed by atoms with E-state index in [4.69, 9.17) is 0 Å². The molecule has 0 bridgehead atoms. The lowest BCUT2D eigenvalue weighted by molar-refractivity contribution is 0.597. The van der Waals surface area contributed by atoms with E-state index in [0.717, 1.165) is 35.9 Å². The lowest BCUT2D eigenvalue weighted by Crippen LogP contribution is -2.10. The number of nitrogens with zero attached hydrogens (tertiary/aromatic N) is 1. The molecule has 2 aromatic rings. The van der Waals surface area contributed by atoms with Gasteiger partial charge in [-0.2, -0.15) is 0 Å². The molecule has 1 heterocycles. The van der Waals surface area contributed by atoms with Crippen molar-refractivity contribution in [3.8, 4) is 0 Å². The lowest BCUT2D eigenvalue weighted by Gasteiger charge is -2.06. The van der Waals surface area contributed by atoms with Crippen LogP contribution in [0.1, 0.15) is 24.6 Å². The monoisotopic (exact) mass is 307 g/mol. The van der Waals surface area contributed by atoms with Gasteiger partial charge in [0.2, 0.25) is 0 Å². The zero-order valence-electron chi connectivity index (χ0n) is 12.1. The smallest absolute Gasteiger partial charge is 0.251 e. The Balaban J connectivity index is 2.23. The number of nitrogens with one attached hydrogen (secondary N) is 2. The third-order valence-corrected chi connectivity index (χ3v) is 3.80. The maximum absolute atomic E-state index is 14.0. The number of hydrogen-bond acceptors (Lipinski definition) is 4. The normalized spacial score (nSPS) is 10.8. The number of aromatic nitrogens is 2. The van der Waals surface area contributed by atoms with Crippen molar-refractivity contribution in [2.75, 3.05) is 7.05 Å². The fourth-order valence-corrected chi connectivity index (χ4v) is 2.78. The molecule has 0 spiro atoms. The van der Waals surface area contributed by atoms with Crippen LogP contribution in [0.15, 0.2) is 39.1 Å². The van der Waals surface area contributed by atoms with Crippen LogP contribution in [0.5, 0.6) is 0 Å². The molecule has 21 heavy (non-hydrogen) atoms. The molecule has 1 aromatic heterocycles. The van der Waals surface area contributed by atoms with Crippen molar-refractivity contribution >= 4 is 11.8 Å². The maximum atomic E-state index is 14.0. The van der Waals surface area contributed by atoms with Gasteiger partial charge >= 0.3 is 0 Å². The first-order chi connectivity index (χ1) is 10.1. The summed E-state index contributed by atoms with van der Waals surface area (Å²) in [6, 6.07) is 6.54. The van der Waals surface area contributed by atoms with E-state index in [1.54, 1.807) is 6.07 Å². The van der Waals surface area contributed by atoms with Gasteiger partial charge in [-0.05, 0) is 42.9 Å². The minimum absolute atomic E-state index is 0.205. The molecule has 4 nitrogen and oxygen atoms in total. The highest BCUT2D eigenvalue weighted by Gasteiger charge is 2.08. The number of benzene rings is 1. The Morgan fingerprint density at radius 2 is 2.19 bits per heavy atom. The van der Waals surface area contributed by atoms with Gasteiger partial charge in [-0.1, -0.05) is 19.4 Å². The highest BCUT2D eigenvalue weighted by molar-refractivity contribution is 7.99. The second-order valence-corrected chi connectivity index (χ2v) is 5.72. The molecule has 0 aliphatic heterocycles. The molecule has 0 radical (unpaired) electrons.